The van der Waals surface area contributed by atoms with Gasteiger partial charge in [0.2, 0.25) is 0 Å². The summed E-state index contributed by atoms with van der Waals surface area (Å²) in [6, 6.07) is 0. The summed E-state index contributed by atoms with van der Waals surface area (Å²) in [6.45, 7) is 1.35. The molecule has 2 saturated carbocycles. The van der Waals surface area contributed by atoms with Gasteiger partial charge in [-0.3, -0.25) is 0 Å². The normalized spacial score (nSPS) is 46.2. The van der Waals surface area contributed by atoms with E-state index in [-0.39, 0.29) is 18.3 Å². The topological polar surface area (TPSA) is 12.0 Å². The van der Waals surface area contributed by atoms with E-state index in [0.717, 1.165) is 19.4 Å². The van der Waals surface area contributed by atoms with Gasteiger partial charge in [-0.1, -0.05) is 0 Å². The molecular formula is C9H14ClF2N. The third-order valence-corrected chi connectivity index (χ3v) is 3.85. The minimum Gasteiger partial charge on any atom is -0.316 e. The van der Waals surface area contributed by atoms with E-state index in [4.69, 9.17) is 0 Å². The molecule has 0 bridgehead atoms. The van der Waals surface area contributed by atoms with Crippen molar-refractivity contribution in [3.8, 4) is 0 Å². The van der Waals surface area contributed by atoms with Crippen molar-refractivity contribution in [1.29, 1.82) is 0 Å². The van der Waals surface area contributed by atoms with Crippen molar-refractivity contribution in [2.24, 2.45) is 17.3 Å². The minimum atomic E-state index is -2.34. The second-order valence-corrected chi connectivity index (χ2v) is 4.52. The third-order valence-electron chi connectivity index (χ3n) is 3.85. The molecule has 2 unspecified atom stereocenters. The molecule has 1 heterocycles. The Morgan fingerprint density at radius 2 is 1.92 bits per heavy atom. The lowest BCUT2D eigenvalue weighted by Crippen LogP contribution is -2.15. The van der Waals surface area contributed by atoms with Gasteiger partial charge in [-0.2, -0.15) is 0 Å². The van der Waals surface area contributed by atoms with Crippen LogP contribution in [-0.2, 0) is 0 Å². The van der Waals surface area contributed by atoms with Gasteiger partial charge in [-0.25, -0.2) is 8.78 Å². The lowest BCUT2D eigenvalue weighted by molar-refractivity contribution is 0.0604. The first-order valence-corrected chi connectivity index (χ1v) is 4.77. The fourth-order valence-electron chi connectivity index (χ4n) is 2.98. The van der Waals surface area contributed by atoms with Gasteiger partial charge in [0.1, 0.15) is 0 Å². The largest absolute Gasteiger partial charge is 0.316 e. The first kappa shape index (κ1) is 9.66. The van der Waals surface area contributed by atoms with Crippen LogP contribution in [0, 0.1) is 17.3 Å². The molecule has 3 rings (SSSR count). The lowest BCUT2D eigenvalue weighted by Gasteiger charge is -2.03. The van der Waals surface area contributed by atoms with Gasteiger partial charge < -0.3 is 5.32 Å². The first-order valence-electron chi connectivity index (χ1n) is 4.77. The Labute approximate surface area is 82.7 Å². The van der Waals surface area contributed by atoms with Crippen LogP contribution in [0.5, 0.6) is 0 Å². The molecular weight excluding hydrogens is 196 g/mol. The van der Waals surface area contributed by atoms with E-state index in [0.29, 0.717) is 18.9 Å². The van der Waals surface area contributed by atoms with Gasteiger partial charge >= 0.3 is 0 Å². The highest BCUT2D eigenvalue weighted by molar-refractivity contribution is 5.85. The van der Waals surface area contributed by atoms with Crippen molar-refractivity contribution >= 4 is 12.4 Å². The van der Waals surface area contributed by atoms with Crippen LogP contribution < -0.4 is 5.32 Å². The van der Waals surface area contributed by atoms with Crippen molar-refractivity contribution in [3.05, 3.63) is 0 Å². The Morgan fingerprint density at radius 3 is 2.38 bits per heavy atom. The van der Waals surface area contributed by atoms with Crippen LogP contribution >= 0.6 is 12.4 Å². The van der Waals surface area contributed by atoms with E-state index in [1.807, 2.05) is 0 Å². The molecule has 0 radical (unpaired) electrons. The molecule has 0 amide bonds. The van der Waals surface area contributed by atoms with Crippen molar-refractivity contribution in [2.45, 2.75) is 25.2 Å². The Morgan fingerprint density at radius 1 is 1.23 bits per heavy atom. The van der Waals surface area contributed by atoms with E-state index in [1.165, 1.54) is 0 Å². The molecule has 13 heavy (non-hydrogen) atoms. The number of rotatable bonds is 1. The zero-order valence-corrected chi connectivity index (χ0v) is 8.17. The monoisotopic (exact) mass is 209 g/mol. The quantitative estimate of drug-likeness (QED) is 0.697. The average Bonchev–Trinajstić information content (AvgIpc) is 2.76. The number of halogens is 3. The van der Waals surface area contributed by atoms with Crippen LogP contribution in [0.25, 0.3) is 0 Å². The van der Waals surface area contributed by atoms with Crippen LogP contribution in [-0.4, -0.2) is 19.0 Å². The second kappa shape index (κ2) is 2.57. The van der Waals surface area contributed by atoms with Gasteiger partial charge in [0.25, 0.3) is 5.92 Å². The maximum atomic E-state index is 13.4. The number of nitrogens with one attached hydrogen (secondary N) is 1. The highest BCUT2D eigenvalue weighted by atomic mass is 35.5. The molecule has 0 aromatic heterocycles. The molecule has 1 saturated heterocycles. The van der Waals surface area contributed by atoms with Crippen molar-refractivity contribution in [2.75, 3.05) is 13.1 Å². The zero-order chi connectivity index (χ0) is 8.40. The van der Waals surface area contributed by atoms with Crippen molar-refractivity contribution in [3.63, 3.8) is 0 Å². The molecule has 4 heteroatoms. The van der Waals surface area contributed by atoms with Crippen LogP contribution in [0.1, 0.15) is 19.3 Å². The molecule has 3 aliphatic rings. The minimum absolute atomic E-state index is 0. The maximum Gasteiger partial charge on any atom is 0.259 e. The molecule has 2 atom stereocenters. The van der Waals surface area contributed by atoms with Crippen LogP contribution in [0.2, 0.25) is 0 Å². The summed E-state index contributed by atoms with van der Waals surface area (Å²) in [5.74, 6) is -2.24. The molecule has 3 fully saturated rings. The third kappa shape index (κ3) is 1.00. The van der Waals surface area contributed by atoms with E-state index < -0.39 is 11.3 Å². The van der Waals surface area contributed by atoms with E-state index in [1.54, 1.807) is 0 Å². The van der Waals surface area contributed by atoms with Crippen LogP contribution in [0.3, 0.4) is 0 Å². The molecule has 76 valence electrons. The summed E-state index contributed by atoms with van der Waals surface area (Å²) in [4.78, 5) is 0. The second-order valence-electron chi connectivity index (χ2n) is 4.52. The summed E-state index contributed by atoms with van der Waals surface area (Å²) >= 11 is 0. The molecule has 1 spiro atoms. The predicted octanol–water partition coefficient (Wildman–Crippen LogP) is 2.06. The predicted molar refractivity (Wildman–Crippen MR) is 48.3 cm³/mol. The first-order chi connectivity index (χ1) is 5.68. The fraction of sp³-hybridized carbons (Fsp3) is 1.00. The summed E-state index contributed by atoms with van der Waals surface area (Å²) in [5, 5.41) is 3.06. The van der Waals surface area contributed by atoms with E-state index in [2.05, 4.69) is 5.32 Å². The van der Waals surface area contributed by atoms with Gasteiger partial charge in [0.05, 0.1) is 5.41 Å². The summed E-state index contributed by atoms with van der Waals surface area (Å²) in [6.07, 6.45) is 2.78. The molecule has 1 nitrogen and oxygen atoms in total. The summed E-state index contributed by atoms with van der Waals surface area (Å²) < 4.78 is 26.8. The van der Waals surface area contributed by atoms with Gasteiger partial charge in [0.15, 0.2) is 0 Å². The Hall–Kier alpha value is 0.110. The van der Waals surface area contributed by atoms with E-state index in [9.17, 15) is 8.78 Å². The van der Waals surface area contributed by atoms with Crippen LogP contribution in [0.4, 0.5) is 8.78 Å². The average molecular weight is 210 g/mol. The number of hydrogen-bond acceptors (Lipinski definition) is 1. The van der Waals surface area contributed by atoms with Crippen molar-refractivity contribution < 1.29 is 8.78 Å². The van der Waals surface area contributed by atoms with Gasteiger partial charge in [0, 0.05) is 12.5 Å². The molecule has 0 aromatic rings. The summed E-state index contributed by atoms with van der Waals surface area (Å²) in [5.41, 5.74) is -0.603. The highest BCUT2D eigenvalue weighted by Gasteiger charge is 2.82. The lowest BCUT2D eigenvalue weighted by atomic mass is 10.0. The van der Waals surface area contributed by atoms with Gasteiger partial charge in [-0.05, 0) is 31.7 Å². The molecule has 2 aliphatic carbocycles. The molecule has 1 aliphatic heterocycles. The van der Waals surface area contributed by atoms with Crippen molar-refractivity contribution in [1.82, 2.24) is 5.32 Å². The Bertz CT molecular complexity index is 222. The number of hydrogen-bond donors (Lipinski definition) is 1. The molecule has 0 aromatic carbocycles. The molecule has 1 N–H and O–H groups in total. The zero-order valence-electron chi connectivity index (χ0n) is 7.35. The Kier molecular flexibility index (Phi) is 1.91. The summed E-state index contributed by atoms with van der Waals surface area (Å²) in [7, 11) is 0. The maximum absolute atomic E-state index is 13.4. The van der Waals surface area contributed by atoms with Crippen LogP contribution in [0.15, 0.2) is 0 Å². The Balaban J connectivity index is 0.000000653. The SMILES string of the molecule is Cl.FC1(F)C(C2CC2)C12CCNC2. The van der Waals surface area contributed by atoms with Gasteiger partial charge in [-0.15, -0.1) is 12.4 Å². The number of alkyl halides is 2. The van der Waals surface area contributed by atoms with E-state index >= 15 is 0 Å². The highest BCUT2D eigenvalue weighted by Crippen LogP contribution is 2.74. The smallest absolute Gasteiger partial charge is 0.259 e. The standard InChI is InChI=1S/C9H13F2N.ClH/c10-9(11)7(6-1-2-6)8(9)3-4-12-5-8;/h6-7,12H,1-5H2;1H. The fourth-order valence-corrected chi connectivity index (χ4v) is 2.98.